The summed E-state index contributed by atoms with van der Waals surface area (Å²) >= 11 is 0. The van der Waals surface area contributed by atoms with Crippen LogP contribution in [0.2, 0.25) is 0 Å². The van der Waals surface area contributed by atoms with Crippen LogP contribution in [-0.4, -0.2) is 26.1 Å². The molecule has 4 nitrogen and oxygen atoms in total. The Morgan fingerprint density at radius 3 is 2.63 bits per heavy atom. The summed E-state index contributed by atoms with van der Waals surface area (Å²) in [6, 6.07) is 5.67. The van der Waals surface area contributed by atoms with Crippen molar-refractivity contribution in [3.63, 3.8) is 0 Å². The number of hydrogen-bond acceptors (Lipinski definition) is 3. The Bertz CT molecular complexity index is 447. The Hall–Kier alpha value is -1.26. The predicted octanol–water partition coefficient (Wildman–Crippen LogP) is 2.22. The summed E-state index contributed by atoms with van der Waals surface area (Å²) < 4.78 is 5.15. The van der Waals surface area contributed by atoms with Crippen molar-refractivity contribution in [3.8, 4) is 5.75 Å². The quantitative estimate of drug-likeness (QED) is 0.891. The maximum Gasteiger partial charge on any atom is 0.227 e. The highest BCUT2D eigenvalue weighted by atomic mass is 35.5. The van der Waals surface area contributed by atoms with Gasteiger partial charge in [0.15, 0.2) is 0 Å². The molecule has 0 aromatic heterocycles. The Balaban J connectivity index is 0.00000180. The van der Waals surface area contributed by atoms with E-state index in [1.165, 1.54) is 0 Å². The van der Waals surface area contributed by atoms with Crippen LogP contribution in [0.25, 0.3) is 0 Å². The van der Waals surface area contributed by atoms with E-state index >= 15 is 0 Å². The summed E-state index contributed by atoms with van der Waals surface area (Å²) in [4.78, 5) is 12.1. The molecule has 1 aliphatic rings. The molecule has 0 spiro atoms. The van der Waals surface area contributed by atoms with Crippen molar-refractivity contribution in [3.05, 3.63) is 23.8 Å². The summed E-state index contributed by atoms with van der Waals surface area (Å²) in [5.41, 5.74) is 1.88. The van der Waals surface area contributed by atoms with Crippen molar-refractivity contribution in [1.82, 2.24) is 5.32 Å². The molecule has 106 valence electrons. The van der Waals surface area contributed by atoms with Gasteiger partial charge in [-0.15, -0.1) is 12.4 Å². The van der Waals surface area contributed by atoms with Crippen molar-refractivity contribution < 1.29 is 9.53 Å². The van der Waals surface area contributed by atoms with Crippen LogP contribution in [0.3, 0.4) is 0 Å². The van der Waals surface area contributed by atoms with E-state index in [1.807, 2.05) is 32.0 Å². The standard InChI is InChI=1S/C14H20N2O2.ClH/c1-9-6-12(18-3)4-5-13(9)16-14(17)10(2)11-7-15-8-11;/h4-6,10-11,15H,7-8H2,1-3H3,(H,16,17);1H. The lowest BCUT2D eigenvalue weighted by Crippen LogP contribution is -2.48. The smallest absolute Gasteiger partial charge is 0.227 e. The van der Waals surface area contributed by atoms with E-state index in [1.54, 1.807) is 7.11 Å². The summed E-state index contributed by atoms with van der Waals surface area (Å²) in [6.07, 6.45) is 0. The van der Waals surface area contributed by atoms with Crippen LogP contribution in [0.4, 0.5) is 5.69 Å². The molecule has 2 N–H and O–H groups in total. The van der Waals surface area contributed by atoms with Gasteiger partial charge in [0.1, 0.15) is 5.75 Å². The summed E-state index contributed by atoms with van der Waals surface area (Å²) in [7, 11) is 1.64. The first-order valence-corrected chi connectivity index (χ1v) is 6.28. The van der Waals surface area contributed by atoms with Gasteiger partial charge < -0.3 is 15.4 Å². The topological polar surface area (TPSA) is 50.4 Å². The minimum absolute atomic E-state index is 0. The minimum Gasteiger partial charge on any atom is -0.497 e. The van der Waals surface area contributed by atoms with E-state index in [2.05, 4.69) is 10.6 Å². The molecule has 1 aromatic carbocycles. The van der Waals surface area contributed by atoms with Gasteiger partial charge in [0.05, 0.1) is 7.11 Å². The fourth-order valence-electron chi connectivity index (χ4n) is 2.03. The van der Waals surface area contributed by atoms with Crippen molar-refractivity contribution >= 4 is 24.0 Å². The number of carbonyl (C=O) groups excluding carboxylic acids is 1. The van der Waals surface area contributed by atoms with Gasteiger partial charge in [-0.1, -0.05) is 6.92 Å². The van der Waals surface area contributed by atoms with E-state index in [0.717, 1.165) is 30.1 Å². The second-order valence-electron chi connectivity index (χ2n) is 4.88. The highest BCUT2D eigenvalue weighted by molar-refractivity contribution is 5.93. The molecule has 1 heterocycles. The molecule has 0 radical (unpaired) electrons. The van der Waals surface area contributed by atoms with Gasteiger partial charge in [-0.05, 0) is 49.7 Å². The number of carbonyl (C=O) groups is 1. The third-order valence-electron chi connectivity index (χ3n) is 3.63. The highest BCUT2D eigenvalue weighted by Gasteiger charge is 2.28. The fourth-order valence-corrected chi connectivity index (χ4v) is 2.03. The summed E-state index contributed by atoms with van der Waals surface area (Å²) in [5, 5.41) is 6.18. The molecular weight excluding hydrogens is 264 g/mol. The normalized spacial score (nSPS) is 15.9. The van der Waals surface area contributed by atoms with Crippen LogP contribution >= 0.6 is 12.4 Å². The number of halogens is 1. The number of amides is 1. The van der Waals surface area contributed by atoms with Gasteiger partial charge in [-0.25, -0.2) is 0 Å². The number of aryl methyl sites for hydroxylation is 1. The van der Waals surface area contributed by atoms with E-state index in [9.17, 15) is 4.79 Å². The number of rotatable bonds is 4. The Kier molecular flexibility index (Phi) is 5.63. The first kappa shape index (κ1) is 15.8. The monoisotopic (exact) mass is 284 g/mol. The lowest BCUT2D eigenvalue weighted by molar-refractivity contribution is -0.121. The number of ether oxygens (including phenoxy) is 1. The lowest BCUT2D eigenvalue weighted by atomic mass is 9.88. The van der Waals surface area contributed by atoms with Gasteiger partial charge >= 0.3 is 0 Å². The Morgan fingerprint density at radius 1 is 1.47 bits per heavy atom. The van der Waals surface area contributed by atoms with E-state index in [0.29, 0.717) is 5.92 Å². The molecule has 1 atom stereocenters. The first-order chi connectivity index (χ1) is 8.61. The van der Waals surface area contributed by atoms with Crippen LogP contribution < -0.4 is 15.4 Å². The minimum atomic E-state index is 0. The SMILES string of the molecule is COc1ccc(NC(=O)C(C)C2CNC2)c(C)c1.Cl. The van der Waals surface area contributed by atoms with Gasteiger partial charge in [-0.2, -0.15) is 0 Å². The largest absolute Gasteiger partial charge is 0.497 e. The predicted molar refractivity (Wildman–Crippen MR) is 79.1 cm³/mol. The molecular formula is C14H21ClN2O2. The van der Waals surface area contributed by atoms with Gasteiger partial charge in [0.2, 0.25) is 5.91 Å². The highest BCUT2D eigenvalue weighted by Crippen LogP contribution is 2.23. The Morgan fingerprint density at radius 2 is 2.16 bits per heavy atom. The number of methoxy groups -OCH3 is 1. The van der Waals surface area contributed by atoms with Gasteiger partial charge in [0, 0.05) is 11.6 Å². The second kappa shape index (κ2) is 6.78. The molecule has 0 saturated carbocycles. The van der Waals surface area contributed by atoms with E-state index in [-0.39, 0.29) is 24.2 Å². The molecule has 2 rings (SSSR count). The maximum atomic E-state index is 12.1. The average Bonchev–Trinajstić information content (AvgIpc) is 2.29. The third-order valence-corrected chi connectivity index (χ3v) is 3.63. The van der Waals surface area contributed by atoms with Crippen LogP contribution in [0.5, 0.6) is 5.75 Å². The zero-order valence-electron chi connectivity index (χ0n) is 11.5. The Labute approximate surface area is 120 Å². The number of anilines is 1. The van der Waals surface area contributed by atoms with Crippen molar-refractivity contribution in [1.29, 1.82) is 0 Å². The number of benzene rings is 1. The third kappa shape index (κ3) is 3.61. The average molecular weight is 285 g/mol. The molecule has 0 bridgehead atoms. The lowest BCUT2D eigenvalue weighted by Gasteiger charge is -2.31. The van der Waals surface area contributed by atoms with Gasteiger partial charge in [0.25, 0.3) is 0 Å². The van der Waals surface area contributed by atoms with Crippen molar-refractivity contribution in [2.75, 3.05) is 25.5 Å². The zero-order chi connectivity index (χ0) is 13.1. The van der Waals surface area contributed by atoms with E-state index in [4.69, 9.17) is 4.74 Å². The maximum absolute atomic E-state index is 12.1. The van der Waals surface area contributed by atoms with Gasteiger partial charge in [-0.3, -0.25) is 4.79 Å². The van der Waals surface area contributed by atoms with Crippen LogP contribution in [-0.2, 0) is 4.79 Å². The summed E-state index contributed by atoms with van der Waals surface area (Å²) in [6.45, 7) is 5.83. The summed E-state index contributed by atoms with van der Waals surface area (Å²) in [5.74, 6) is 1.41. The molecule has 0 aliphatic carbocycles. The number of hydrogen-bond donors (Lipinski definition) is 2. The molecule has 1 fully saturated rings. The number of nitrogens with one attached hydrogen (secondary N) is 2. The van der Waals surface area contributed by atoms with Crippen LogP contribution in [0, 0.1) is 18.8 Å². The van der Waals surface area contributed by atoms with Crippen LogP contribution in [0.15, 0.2) is 18.2 Å². The molecule has 1 saturated heterocycles. The fraction of sp³-hybridized carbons (Fsp3) is 0.500. The molecule has 5 heteroatoms. The molecule has 1 aliphatic heterocycles. The van der Waals surface area contributed by atoms with Crippen molar-refractivity contribution in [2.24, 2.45) is 11.8 Å². The second-order valence-corrected chi connectivity index (χ2v) is 4.88. The molecule has 1 amide bonds. The first-order valence-electron chi connectivity index (χ1n) is 6.28. The molecule has 1 aromatic rings. The van der Waals surface area contributed by atoms with Crippen LogP contribution in [0.1, 0.15) is 12.5 Å². The molecule has 19 heavy (non-hydrogen) atoms. The zero-order valence-corrected chi connectivity index (χ0v) is 12.3. The van der Waals surface area contributed by atoms with E-state index < -0.39 is 0 Å². The molecule has 1 unspecified atom stereocenters. The van der Waals surface area contributed by atoms with Crippen molar-refractivity contribution in [2.45, 2.75) is 13.8 Å².